The van der Waals surface area contributed by atoms with E-state index in [1.54, 1.807) is 0 Å². The van der Waals surface area contributed by atoms with Crippen molar-refractivity contribution < 1.29 is 15.0 Å². The Kier molecular flexibility index (Phi) is 5.88. The summed E-state index contributed by atoms with van der Waals surface area (Å²) in [6.07, 6.45) is -0.938. The molecule has 22 heavy (non-hydrogen) atoms. The number of thiazole rings is 1. The Bertz CT molecular complexity index is 594. The van der Waals surface area contributed by atoms with Crippen LogP contribution in [0.3, 0.4) is 0 Å². The maximum atomic E-state index is 11.9. The number of rotatable bonds is 7. The van der Waals surface area contributed by atoms with Crippen LogP contribution >= 0.6 is 11.3 Å². The molecule has 120 valence electrons. The number of hydrogen-bond acceptors (Lipinski definition) is 5. The predicted octanol–water partition coefficient (Wildman–Crippen LogP) is 2.24. The number of nitrogens with one attached hydrogen (secondary N) is 1. The zero-order chi connectivity index (χ0) is 16.1. The Morgan fingerprint density at radius 2 is 2.05 bits per heavy atom. The lowest BCUT2D eigenvalue weighted by atomic mass is 10.1. The Morgan fingerprint density at radius 3 is 2.73 bits per heavy atom. The van der Waals surface area contributed by atoms with E-state index < -0.39 is 18.1 Å². The lowest BCUT2D eigenvalue weighted by molar-refractivity contribution is -0.135. The van der Waals surface area contributed by atoms with Crippen LogP contribution in [0.5, 0.6) is 0 Å². The van der Waals surface area contributed by atoms with Gasteiger partial charge in [-0.3, -0.25) is 4.79 Å². The maximum absolute atomic E-state index is 11.9. The summed E-state index contributed by atoms with van der Waals surface area (Å²) in [7, 11) is 0. The average molecular weight is 322 g/mol. The first-order valence-electron chi connectivity index (χ1n) is 7.48. The van der Waals surface area contributed by atoms with Crippen LogP contribution in [-0.2, 0) is 4.79 Å². The molecule has 0 aliphatic rings. The molecular formula is C16H22N2O3S. The fraction of sp³-hybridized carbons (Fsp3) is 0.500. The van der Waals surface area contributed by atoms with Crippen LogP contribution in [0.2, 0.25) is 0 Å². The van der Waals surface area contributed by atoms with Crippen LogP contribution in [0.15, 0.2) is 24.3 Å². The largest absolute Gasteiger partial charge is 0.383 e. The summed E-state index contributed by atoms with van der Waals surface area (Å²) in [5.41, 5.74) is 0.756. The van der Waals surface area contributed by atoms with Crippen LogP contribution in [0.1, 0.15) is 37.8 Å². The first-order valence-corrected chi connectivity index (χ1v) is 8.30. The highest BCUT2D eigenvalue weighted by molar-refractivity contribution is 7.18. The first kappa shape index (κ1) is 16.9. The third kappa shape index (κ3) is 4.25. The SMILES string of the molecule is CC(C)CCCNC(=O)C(O)C(O)c1nc2ccccc2s1. The molecule has 3 N–H and O–H groups in total. The highest BCUT2D eigenvalue weighted by Crippen LogP contribution is 2.27. The van der Waals surface area contributed by atoms with Crippen molar-refractivity contribution in [2.45, 2.75) is 38.9 Å². The third-order valence-electron chi connectivity index (χ3n) is 3.39. The molecule has 0 saturated heterocycles. The zero-order valence-electron chi connectivity index (χ0n) is 12.8. The second-order valence-corrected chi connectivity index (χ2v) is 6.80. The summed E-state index contributed by atoms with van der Waals surface area (Å²) >= 11 is 1.28. The van der Waals surface area contributed by atoms with E-state index in [-0.39, 0.29) is 0 Å². The molecule has 5 nitrogen and oxygen atoms in total. The van der Waals surface area contributed by atoms with E-state index in [9.17, 15) is 15.0 Å². The van der Waals surface area contributed by atoms with Crippen molar-refractivity contribution in [3.05, 3.63) is 29.3 Å². The summed E-state index contributed by atoms with van der Waals surface area (Å²) in [5.74, 6) is 0.0191. The van der Waals surface area contributed by atoms with Gasteiger partial charge in [0.1, 0.15) is 11.1 Å². The number of para-hydroxylation sites is 1. The molecule has 6 heteroatoms. The van der Waals surface area contributed by atoms with Crippen LogP contribution < -0.4 is 5.32 Å². The van der Waals surface area contributed by atoms with Crippen molar-refractivity contribution in [3.8, 4) is 0 Å². The van der Waals surface area contributed by atoms with Gasteiger partial charge in [-0.05, 0) is 30.9 Å². The smallest absolute Gasteiger partial charge is 0.252 e. The van der Waals surface area contributed by atoms with Gasteiger partial charge in [0.2, 0.25) is 0 Å². The molecule has 1 amide bonds. The number of aliphatic hydroxyl groups excluding tert-OH is 2. The number of benzene rings is 1. The Balaban J connectivity index is 1.93. The molecule has 0 radical (unpaired) electrons. The first-order chi connectivity index (χ1) is 10.5. The van der Waals surface area contributed by atoms with Gasteiger partial charge in [-0.1, -0.05) is 26.0 Å². The second-order valence-electron chi connectivity index (χ2n) is 5.74. The molecule has 2 atom stereocenters. The molecule has 1 heterocycles. The summed E-state index contributed by atoms with van der Waals surface area (Å²) in [6, 6.07) is 7.46. The van der Waals surface area contributed by atoms with Gasteiger partial charge in [0.25, 0.3) is 5.91 Å². The average Bonchev–Trinajstić information content (AvgIpc) is 2.93. The summed E-state index contributed by atoms with van der Waals surface area (Å²) in [4.78, 5) is 16.1. The number of carbonyl (C=O) groups is 1. The highest BCUT2D eigenvalue weighted by atomic mass is 32.1. The Labute approximate surface area is 134 Å². The molecule has 1 aromatic heterocycles. The molecule has 1 aromatic carbocycles. The number of carbonyl (C=O) groups excluding carboxylic acids is 1. The molecule has 2 rings (SSSR count). The topological polar surface area (TPSA) is 82.5 Å². The fourth-order valence-electron chi connectivity index (χ4n) is 2.12. The number of amides is 1. The van der Waals surface area contributed by atoms with Gasteiger partial charge in [0.05, 0.1) is 10.2 Å². The molecule has 0 bridgehead atoms. The molecule has 0 spiro atoms. The van der Waals surface area contributed by atoms with E-state index in [0.717, 1.165) is 23.1 Å². The lowest BCUT2D eigenvalue weighted by Gasteiger charge is -2.15. The molecule has 2 unspecified atom stereocenters. The summed E-state index contributed by atoms with van der Waals surface area (Å²) < 4.78 is 0.918. The van der Waals surface area contributed by atoms with Crippen molar-refractivity contribution in [1.82, 2.24) is 10.3 Å². The van der Waals surface area contributed by atoms with Crippen molar-refractivity contribution in [3.63, 3.8) is 0 Å². The van der Waals surface area contributed by atoms with Gasteiger partial charge in [0.15, 0.2) is 6.10 Å². The maximum Gasteiger partial charge on any atom is 0.252 e. The number of nitrogens with zero attached hydrogens (tertiary/aromatic N) is 1. The summed E-state index contributed by atoms with van der Waals surface area (Å²) in [5, 5.41) is 23.1. The quantitative estimate of drug-likeness (QED) is 0.683. The number of fused-ring (bicyclic) bond motifs is 1. The third-order valence-corrected chi connectivity index (χ3v) is 4.50. The van der Waals surface area contributed by atoms with Crippen LogP contribution in [0, 0.1) is 5.92 Å². The number of hydrogen-bond donors (Lipinski definition) is 3. The van der Waals surface area contributed by atoms with Crippen LogP contribution in [0.25, 0.3) is 10.2 Å². The van der Waals surface area contributed by atoms with Gasteiger partial charge in [-0.25, -0.2) is 4.98 Å². The van der Waals surface area contributed by atoms with Crippen LogP contribution in [0.4, 0.5) is 0 Å². The molecular weight excluding hydrogens is 300 g/mol. The lowest BCUT2D eigenvalue weighted by Crippen LogP contribution is -2.39. The van der Waals surface area contributed by atoms with Crippen molar-refractivity contribution in [2.75, 3.05) is 6.54 Å². The Morgan fingerprint density at radius 1 is 1.32 bits per heavy atom. The van der Waals surface area contributed by atoms with E-state index in [2.05, 4.69) is 24.1 Å². The van der Waals surface area contributed by atoms with Gasteiger partial charge in [-0.2, -0.15) is 0 Å². The molecule has 0 saturated carbocycles. The van der Waals surface area contributed by atoms with Crippen molar-refractivity contribution in [1.29, 1.82) is 0 Å². The molecule has 0 fully saturated rings. The minimum absolute atomic E-state index is 0.353. The second kappa shape index (κ2) is 7.67. The van der Waals surface area contributed by atoms with E-state index >= 15 is 0 Å². The molecule has 2 aromatic rings. The monoisotopic (exact) mass is 322 g/mol. The number of aromatic nitrogens is 1. The minimum Gasteiger partial charge on any atom is -0.383 e. The van der Waals surface area contributed by atoms with Gasteiger partial charge >= 0.3 is 0 Å². The Hall–Kier alpha value is -1.50. The predicted molar refractivity (Wildman–Crippen MR) is 87.7 cm³/mol. The highest BCUT2D eigenvalue weighted by Gasteiger charge is 2.28. The van der Waals surface area contributed by atoms with Crippen molar-refractivity contribution >= 4 is 27.5 Å². The van der Waals surface area contributed by atoms with Crippen molar-refractivity contribution in [2.24, 2.45) is 5.92 Å². The summed E-state index contributed by atoms with van der Waals surface area (Å²) in [6.45, 7) is 4.74. The van der Waals surface area contributed by atoms with E-state index in [4.69, 9.17) is 0 Å². The van der Waals surface area contributed by atoms with Crippen LogP contribution in [-0.4, -0.2) is 33.8 Å². The molecule has 0 aliphatic carbocycles. The zero-order valence-corrected chi connectivity index (χ0v) is 13.6. The minimum atomic E-state index is -1.50. The van der Waals surface area contributed by atoms with Gasteiger partial charge < -0.3 is 15.5 Å². The number of aliphatic hydroxyl groups is 2. The standard InChI is InChI=1S/C16H22N2O3S/c1-10(2)6-5-9-17-15(21)13(19)14(20)16-18-11-7-3-4-8-12(11)22-16/h3-4,7-8,10,13-14,19-20H,5-6,9H2,1-2H3,(H,17,21). The fourth-order valence-corrected chi connectivity index (χ4v) is 3.11. The normalized spacial score (nSPS) is 14.2. The van der Waals surface area contributed by atoms with Gasteiger partial charge in [-0.15, -0.1) is 11.3 Å². The molecule has 0 aliphatic heterocycles. The van der Waals surface area contributed by atoms with E-state index in [1.807, 2.05) is 24.3 Å². The van der Waals surface area contributed by atoms with E-state index in [1.165, 1.54) is 11.3 Å². The van der Waals surface area contributed by atoms with Gasteiger partial charge in [0, 0.05) is 6.54 Å². The van der Waals surface area contributed by atoms with E-state index in [0.29, 0.717) is 17.5 Å².